The number of hydrogen-bond donors (Lipinski definition) is 2. The number of aromatic nitrogens is 1. The number of hydrogen-bond acceptors (Lipinski definition) is 3. The van der Waals surface area contributed by atoms with Crippen molar-refractivity contribution in [1.82, 2.24) is 10.3 Å². The largest absolute Gasteiger partial charge is 0.380 e. The molecule has 2 aromatic rings. The van der Waals surface area contributed by atoms with Crippen LogP contribution in [0.1, 0.15) is 6.42 Å². The molecule has 0 bridgehead atoms. The van der Waals surface area contributed by atoms with Gasteiger partial charge >= 0.3 is 0 Å². The number of benzene rings is 1. The third kappa shape index (κ3) is 2.69. The van der Waals surface area contributed by atoms with Crippen molar-refractivity contribution in [3.8, 4) is 0 Å². The predicted molar refractivity (Wildman–Crippen MR) is 78.9 cm³/mol. The molecule has 1 fully saturated rings. The zero-order chi connectivity index (χ0) is 11.7. The highest BCUT2D eigenvalue weighted by Gasteiger charge is 2.14. The summed E-state index contributed by atoms with van der Waals surface area (Å²) in [6.45, 7) is 2.10. The molecule has 0 unspecified atom stereocenters. The topological polar surface area (TPSA) is 37.0 Å². The molecule has 1 aromatic heterocycles. The van der Waals surface area contributed by atoms with Crippen molar-refractivity contribution >= 4 is 40.6 Å². The Morgan fingerprint density at radius 2 is 2.28 bits per heavy atom. The molecule has 0 aliphatic carbocycles. The molecule has 1 atom stereocenters. The average Bonchev–Trinajstić information content (AvgIpc) is 2.83. The molecule has 3 rings (SSSR count). The second-order valence-corrected chi connectivity index (χ2v) is 4.80. The Morgan fingerprint density at radius 3 is 3.06 bits per heavy atom. The van der Waals surface area contributed by atoms with Gasteiger partial charge in [-0.1, -0.05) is 17.7 Å². The number of fused-ring (bicyclic) bond motifs is 1. The lowest BCUT2D eigenvalue weighted by atomic mass is 10.1. The Kier molecular flexibility index (Phi) is 4.27. The molecule has 2 heterocycles. The van der Waals surface area contributed by atoms with Gasteiger partial charge < -0.3 is 10.6 Å². The summed E-state index contributed by atoms with van der Waals surface area (Å²) < 4.78 is 0. The molecule has 3 nitrogen and oxygen atoms in total. The van der Waals surface area contributed by atoms with Crippen LogP contribution in [0.15, 0.2) is 30.5 Å². The fraction of sp³-hybridized carbons (Fsp3) is 0.308. The van der Waals surface area contributed by atoms with E-state index in [1.807, 2.05) is 18.2 Å². The van der Waals surface area contributed by atoms with E-state index in [2.05, 4.69) is 21.7 Å². The maximum absolute atomic E-state index is 6.00. The van der Waals surface area contributed by atoms with Gasteiger partial charge in [0, 0.05) is 29.9 Å². The highest BCUT2D eigenvalue weighted by atomic mass is 35.5. The fourth-order valence-electron chi connectivity index (χ4n) is 2.25. The molecule has 2 N–H and O–H groups in total. The van der Waals surface area contributed by atoms with Crippen molar-refractivity contribution in [3.05, 3.63) is 35.5 Å². The standard InChI is InChI=1S/C13H14ClN3.ClH/c14-9-6-11-12(16-7-9)2-1-3-13(11)17-10-4-5-15-8-10;/h1-3,6-7,10,15,17H,4-5,8H2;1H/t10-;/m0./s1. The van der Waals surface area contributed by atoms with Crippen molar-refractivity contribution in [3.63, 3.8) is 0 Å². The Hall–Kier alpha value is -1.03. The van der Waals surface area contributed by atoms with Gasteiger partial charge in [-0.15, -0.1) is 12.4 Å². The van der Waals surface area contributed by atoms with Crippen molar-refractivity contribution in [2.75, 3.05) is 18.4 Å². The molecule has 18 heavy (non-hydrogen) atoms. The first-order valence-electron chi connectivity index (χ1n) is 5.84. The minimum absolute atomic E-state index is 0. The van der Waals surface area contributed by atoms with Crippen LogP contribution in [-0.4, -0.2) is 24.1 Å². The monoisotopic (exact) mass is 283 g/mol. The molecule has 1 aromatic carbocycles. The van der Waals surface area contributed by atoms with E-state index in [0.29, 0.717) is 11.1 Å². The number of pyridine rings is 1. The van der Waals surface area contributed by atoms with Crippen LogP contribution in [0.2, 0.25) is 5.02 Å². The van der Waals surface area contributed by atoms with Crippen molar-refractivity contribution in [2.45, 2.75) is 12.5 Å². The summed E-state index contributed by atoms with van der Waals surface area (Å²) in [5, 5.41) is 8.66. The van der Waals surface area contributed by atoms with Crippen LogP contribution in [0.3, 0.4) is 0 Å². The molecule has 0 spiro atoms. The molecular formula is C13H15Cl2N3. The van der Waals surface area contributed by atoms with E-state index in [1.165, 1.54) is 0 Å². The van der Waals surface area contributed by atoms with Crippen LogP contribution in [-0.2, 0) is 0 Å². The van der Waals surface area contributed by atoms with Gasteiger partial charge in [-0.2, -0.15) is 0 Å². The number of anilines is 1. The quantitative estimate of drug-likeness (QED) is 0.890. The lowest BCUT2D eigenvalue weighted by molar-refractivity contribution is 0.794. The first-order valence-corrected chi connectivity index (χ1v) is 6.22. The summed E-state index contributed by atoms with van der Waals surface area (Å²) in [6.07, 6.45) is 2.84. The average molecular weight is 284 g/mol. The first kappa shape index (κ1) is 13.4. The minimum atomic E-state index is 0. The van der Waals surface area contributed by atoms with Crippen molar-refractivity contribution < 1.29 is 0 Å². The smallest absolute Gasteiger partial charge is 0.0723 e. The van der Waals surface area contributed by atoms with Crippen LogP contribution < -0.4 is 10.6 Å². The molecule has 5 heteroatoms. The Balaban J connectivity index is 0.00000120. The van der Waals surface area contributed by atoms with Crippen LogP contribution >= 0.6 is 24.0 Å². The third-order valence-electron chi connectivity index (χ3n) is 3.11. The molecule has 1 aliphatic rings. The van der Waals surface area contributed by atoms with Crippen LogP contribution in [0.25, 0.3) is 10.9 Å². The van der Waals surface area contributed by atoms with Crippen LogP contribution in [0.4, 0.5) is 5.69 Å². The first-order chi connectivity index (χ1) is 8.33. The lowest BCUT2D eigenvalue weighted by Gasteiger charge is -2.14. The Labute approximate surface area is 117 Å². The van der Waals surface area contributed by atoms with Crippen LogP contribution in [0.5, 0.6) is 0 Å². The van der Waals surface area contributed by atoms with Gasteiger partial charge in [0.15, 0.2) is 0 Å². The molecular weight excluding hydrogens is 269 g/mol. The maximum atomic E-state index is 6.00. The van der Waals surface area contributed by atoms with Crippen molar-refractivity contribution in [1.29, 1.82) is 0 Å². The van der Waals surface area contributed by atoms with Gasteiger partial charge in [0.2, 0.25) is 0 Å². The number of rotatable bonds is 2. The number of nitrogens with zero attached hydrogens (tertiary/aromatic N) is 1. The minimum Gasteiger partial charge on any atom is -0.380 e. The van der Waals surface area contributed by atoms with Gasteiger partial charge in [-0.05, 0) is 31.2 Å². The van der Waals surface area contributed by atoms with Gasteiger partial charge in [0.1, 0.15) is 0 Å². The molecule has 1 saturated heterocycles. The summed E-state index contributed by atoms with van der Waals surface area (Å²) in [5.41, 5.74) is 2.09. The zero-order valence-electron chi connectivity index (χ0n) is 9.82. The van der Waals surface area contributed by atoms with Crippen LogP contribution in [0, 0.1) is 0 Å². The summed E-state index contributed by atoms with van der Waals surface area (Å²) in [6, 6.07) is 8.57. The Bertz CT molecular complexity index is 539. The van der Waals surface area contributed by atoms with Gasteiger partial charge in [0.25, 0.3) is 0 Å². The maximum Gasteiger partial charge on any atom is 0.0723 e. The number of nitrogens with one attached hydrogen (secondary N) is 2. The van der Waals surface area contributed by atoms with Gasteiger partial charge in [-0.3, -0.25) is 4.98 Å². The fourth-order valence-corrected chi connectivity index (χ4v) is 2.41. The van der Waals surface area contributed by atoms with E-state index in [-0.39, 0.29) is 12.4 Å². The molecule has 96 valence electrons. The Morgan fingerprint density at radius 1 is 1.39 bits per heavy atom. The van der Waals surface area contributed by atoms with E-state index in [4.69, 9.17) is 11.6 Å². The van der Waals surface area contributed by atoms with E-state index in [9.17, 15) is 0 Å². The van der Waals surface area contributed by atoms with Gasteiger partial charge in [0.05, 0.1) is 10.5 Å². The normalized spacial score (nSPS) is 18.6. The van der Waals surface area contributed by atoms with E-state index < -0.39 is 0 Å². The highest BCUT2D eigenvalue weighted by molar-refractivity contribution is 6.31. The highest BCUT2D eigenvalue weighted by Crippen LogP contribution is 2.25. The molecule has 0 radical (unpaired) electrons. The molecule has 0 amide bonds. The predicted octanol–water partition coefficient (Wildman–Crippen LogP) is 3.08. The third-order valence-corrected chi connectivity index (χ3v) is 3.32. The summed E-state index contributed by atoms with van der Waals surface area (Å²) in [5.74, 6) is 0. The summed E-state index contributed by atoms with van der Waals surface area (Å²) >= 11 is 6.00. The number of halogens is 2. The van der Waals surface area contributed by atoms with E-state index in [0.717, 1.165) is 36.1 Å². The van der Waals surface area contributed by atoms with Crippen molar-refractivity contribution in [2.24, 2.45) is 0 Å². The molecule has 0 saturated carbocycles. The second-order valence-electron chi connectivity index (χ2n) is 4.36. The SMILES string of the molecule is Cl.Clc1cnc2cccc(N[C@H]3CCNC3)c2c1. The van der Waals surface area contributed by atoms with E-state index in [1.54, 1.807) is 6.20 Å². The van der Waals surface area contributed by atoms with E-state index >= 15 is 0 Å². The van der Waals surface area contributed by atoms with Gasteiger partial charge in [-0.25, -0.2) is 0 Å². The zero-order valence-corrected chi connectivity index (χ0v) is 11.4. The summed E-state index contributed by atoms with van der Waals surface area (Å²) in [4.78, 5) is 4.33. The summed E-state index contributed by atoms with van der Waals surface area (Å²) in [7, 11) is 0. The lowest BCUT2D eigenvalue weighted by Crippen LogP contribution is -2.22. The second kappa shape index (κ2) is 5.74. The molecule has 1 aliphatic heterocycles.